The topological polar surface area (TPSA) is 40.2 Å². The molecule has 4 nitrogen and oxygen atoms in total. The first-order valence-corrected chi connectivity index (χ1v) is 8.24. The molecule has 0 aliphatic carbocycles. The Morgan fingerprint density at radius 2 is 2.33 bits per heavy atom. The number of aromatic nitrogens is 1. The number of hydrogen-bond donors (Lipinski definition) is 2. The molecule has 1 aliphatic heterocycles. The van der Waals surface area contributed by atoms with E-state index in [0.29, 0.717) is 5.11 Å². The van der Waals surface area contributed by atoms with Gasteiger partial charge in [0.1, 0.15) is 5.82 Å². The molecule has 116 valence electrons. The molecule has 0 bridgehead atoms. The molecule has 0 radical (unpaired) electrons. The van der Waals surface area contributed by atoms with Gasteiger partial charge in [0.25, 0.3) is 0 Å². The summed E-state index contributed by atoms with van der Waals surface area (Å²) in [5.41, 5.74) is 1.15. The second-order valence-electron chi connectivity index (χ2n) is 6.00. The van der Waals surface area contributed by atoms with Crippen LogP contribution in [-0.4, -0.2) is 41.2 Å². The van der Waals surface area contributed by atoms with Gasteiger partial charge in [0.15, 0.2) is 5.11 Å². The molecule has 0 unspecified atom stereocenters. The van der Waals surface area contributed by atoms with Crippen molar-refractivity contribution >= 4 is 23.1 Å². The fourth-order valence-electron chi connectivity index (χ4n) is 2.70. The lowest BCUT2D eigenvalue weighted by Gasteiger charge is -2.30. The van der Waals surface area contributed by atoms with Gasteiger partial charge < -0.3 is 15.5 Å². The molecule has 1 aromatic rings. The number of aryl methyl sites for hydroxylation is 1. The number of pyridine rings is 1. The number of hydrogen-bond acceptors (Lipinski definition) is 3. The van der Waals surface area contributed by atoms with E-state index < -0.39 is 0 Å². The molecule has 0 aromatic carbocycles. The Kier molecular flexibility index (Phi) is 6.39. The van der Waals surface area contributed by atoms with Crippen LogP contribution in [0.15, 0.2) is 18.3 Å². The molecule has 5 heteroatoms. The minimum absolute atomic E-state index is 0.651. The summed E-state index contributed by atoms with van der Waals surface area (Å²) in [6, 6.07) is 3.97. The SMILES string of the molecule is Cc1ccc(NC(=S)NCCCN2CCC[C@H](C)C2)nc1. The van der Waals surface area contributed by atoms with E-state index in [1.807, 2.05) is 25.3 Å². The summed E-state index contributed by atoms with van der Waals surface area (Å²) in [6.45, 7) is 8.93. The molecule has 2 N–H and O–H groups in total. The van der Waals surface area contributed by atoms with Crippen molar-refractivity contribution < 1.29 is 0 Å². The van der Waals surface area contributed by atoms with Crippen LogP contribution in [0.3, 0.4) is 0 Å². The third kappa shape index (κ3) is 5.98. The fourth-order valence-corrected chi connectivity index (χ4v) is 2.90. The normalized spacial score (nSPS) is 19.2. The highest BCUT2D eigenvalue weighted by Crippen LogP contribution is 2.15. The van der Waals surface area contributed by atoms with Crippen molar-refractivity contribution in [2.24, 2.45) is 5.92 Å². The van der Waals surface area contributed by atoms with Crippen LogP contribution in [-0.2, 0) is 0 Å². The van der Waals surface area contributed by atoms with Crippen molar-refractivity contribution in [3.8, 4) is 0 Å². The molecular weight excluding hydrogens is 280 g/mol. The van der Waals surface area contributed by atoms with Crippen LogP contribution in [0.4, 0.5) is 5.82 Å². The van der Waals surface area contributed by atoms with Gasteiger partial charge in [-0.15, -0.1) is 0 Å². The molecule has 21 heavy (non-hydrogen) atoms. The first-order chi connectivity index (χ1) is 10.1. The number of anilines is 1. The standard InChI is InChI=1S/C16H26N4S/c1-13-6-7-15(18-11-13)19-16(21)17-8-4-10-20-9-3-5-14(2)12-20/h6-7,11,14H,3-5,8-10,12H2,1-2H3,(H2,17,18,19,21)/t14-/m0/s1. The summed E-state index contributed by atoms with van der Waals surface area (Å²) in [7, 11) is 0. The number of likely N-dealkylation sites (tertiary alicyclic amines) is 1. The van der Waals surface area contributed by atoms with Gasteiger partial charge in [-0.3, -0.25) is 0 Å². The largest absolute Gasteiger partial charge is 0.362 e. The van der Waals surface area contributed by atoms with Crippen LogP contribution >= 0.6 is 12.2 Å². The lowest BCUT2D eigenvalue weighted by atomic mass is 10.0. The molecule has 1 atom stereocenters. The maximum absolute atomic E-state index is 5.28. The number of rotatable bonds is 5. The Hall–Kier alpha value is -1.20. The predicted molar refractivity (Wildman–Crippen MR) is 92.7 cm³/mol. The minimum atomic E-state index is 0.651. The first kappa shape index (κ1) is 16.2. The van der Waals surface area contributed by atoms with E-state index in [0.717, 1.165) is 36.8 Å². The second-order valence-corrected chi connectivity index (χ2v) is 6.41. The van der Waals surface area contributed by atoms with Crippen LogP contribution in [0.1, 0.15) is 31.7 Å². The smallest absolute Gasteiger partial charge is 0.171 e. The summed E-state index contributed by atoms with van der Waals surface area (Å²) in [5, 5.41) is 7.01. The van der Waals surface area contributed by atoms with E-state index in [2.05, 4.69) is 27.4 Å². The maximum atomic E-state index is 5.28. The zero-order chi connectivity index (χ0) is 15.1. The van der Waals surface area contributed by atoms with E-state index in [9.17, 15) is 0 Å². The summed E-state index contributed by atoms with van der Waals surface area (Å²) in [4.78, 5) is 6.84. The molecule has 1 fully saturated rings. The van der Waals surface area contributed by atoms with Gasteiger partial charge >= 0.3 is 0 Å². The fraction of sp³-hybridized carbons (Fsp3) is 0.625. The van der Waals surface area contributed by atoms with E-state index >= 15 is 0 Å². The van der Waals surface area contributed by atoms with E-state index in [1.54, 1.807) is 0 Å². The Bertz CT molecular complexity index is 446. The van der Waals surface area contributed by atoms with E-state index in [4.69, 9.17) is 12.2 Å². The van der Waals surface area contributed by atoms with Crippen LogP contribution in [0.2, 0.25) is 0 Å². The average molecular weight is 306 g/mol. The van der Waals surface area contributed by atoms with Gasteiger partial charge in [-0.1, -0.05) is 13.0 Å². The third-order valence-electron chi connectivity index (χ3n) is 3.83. The van der Waals surface area contributed by atoms with Gasteiger partial charge in [-0.25, -0.2) is 4.98 Å². The molecular formula is C16H26N4S. The van der Waals surface area contributed by atoms with Crippen LogP contribution in [0.5, 0.6) is 0 Å². The highest BCUT2D eigenvalue weighted by molar-refractivity contribution is 7.80. The van der Waals surface area contributed by atoms with Crippen molar-refractivity contribution in [1.29, 1.82) is 0 Å². The molecule has 0 saturated carbocycles. The van der Waals surface area contributed by atoms with Crippen molar-refractivity contribution in [2.45, 2.75) is 33.1 Å². The number of thiocarbonyl (C=S) groups is 1. The van der Waals surface area contributed by atoms with Gasteiger partial charge in [0.05, 0.1) is 0 Å². The third-order valence-corrected chi connectivity index (χ3v) is 4.08. The molecule has 1 aliphatic rings. The Morgan fingerprint density at radius 3 is 3.05 bits per heavy atom. The van der Waals surface area contributed by atoms with E-state index in [-0.39, 0.29) is 0 Å². The Morgan fingerprint density at radius 1 is 1.48 bits per heavy atom. The lowest BCUT2D eigenvalue weighted by Crippen LogP contribution is -2.37. The zero-order valence-electron chi connectivity index (χ0n) is 13.1. The highest BCUT2D eigenvalue weighted by Gasteiger charge is 2.15. The molecule has 1 aromatic heterocycles. The van der Waals surface area contributed by atoms with Gasteiger partial charge in [-0.2, -0.15) is 0 Å². The monoisotopic (exact) mass is 306 g/mol. The lowest BCUT2D eigenvalue weighted by molar-refractivity contribution is 0.182. The molecule has 0 spiro atoms. The first-order valence-electron chi connectivity index (χ1n) is 7.83. The Balaban J connectivity index is 1.59. The number of piperidine rings is 1. The summed E-state index contributed by atoms with van der Waals surface area (Å²) in [5.74, 6) is 1.64. The molecule has 0 amide bonds. The maximum Gasteiger partial charge on any atom is 0.171 e. The molecule has 2 heterocycles. The van der Waals surface area contributed by atoms with Gasteiger partial charge in [0.2, 0.25) is 0 Å². The quantitative estimate of drug-likeness (QED) is 0.646. The number of nitrogens with zero attached hydrogens (tertiary/aromatic N) is 2. The molecule has 1 saturated heterocycles. The summed E-state index contributed by atoms with van der Waals surface area (Å²) in [6.07, 6.45) is 5.68. The van der Waals surface area contributed by atoms with Crippen LogP contribution < -0.4 is 10.6 Å². The van der Waals surface area contributed by atoms with Crippen molar-refractivity contribution in [1.82, 2.24) is 15.2 Å². The Labute approximate surface area is 133 Å². The minimum Gasteiger partial charge on any atom is -0.362 e. The average Bonchev–Trinajstić information content (AvgIpc) is 2.46. The van der Waals surface area contributed by atoms with Gasteiger partial charge in [-0.05, 0) is 69.0 Å². The van der Waals surface area contributed by atoms with Crippen LogP contribution in [0, 0.1) is 12.8 Å². The van der Waals surface area contributed by atoms with Gasteiger partial charge in [0, 0.05) is 19.3 Å². The van der Waals surface area contributed by atoms with Crippen molar-refractivity contribution in [3.63, 3.8) is 0 Å². The molecule has 2 rings (SSSR count). The van der Waals surface area contributed by atoms with Crippen molar-refractivity contribution in [2.75, 3.05) is 31.5 Å². The van der Waals surface area contributed by atoms with E-state index in [1.165, 1.54) is 25.9 Å². The number of nitrogens with one attached hydrogen (secondary N) is 2. The van der Waals surface area contributed by atoms with Crippen LogP contribution in [0.25, 0.3) is 0 Å². The summed E-state index contributed by atoms with van der Waals surface area (Å²) < 4.78 is 0. The predicted octanol–water partition coefficient (Wildman–Crippen LogP) is 2.80. The van der Waals surface area contributed by atoms with Crippen molar-refractivity contribution in [3.05, 3.63) is 23.9 Å². The zero-order valence-corrected chi connectivity index (χ0v) is 13.9. The second kappa shape index (κ2) is 8.29. The summed E-state index contributed by atoms with van der Waals surface area (Å²) >= 11 is 5.28. The highest BCUT2D eigenvalue weighted by atomic mass is 32.1.